The van der Waals surface area contributed by atoms with E-state index in [-0.39, 0.29) is 6.61 Å². The van der Waals surface area contributed by atoms with Crippen molar-refractivity contribution in [3.8, 4) is 0 Å². The number of aryl methyl sites for hydroxylation is 1. The molecular formula is C11H17N3O. The highest BCUT2D eigenvalue weighted by molar-refractivity contribution is 5.67. The molecule has 82 valence electrons. The van der Waals surface area contributed by atoms with Crippen molar-refractivity contribution in [3.63, 3.8) is 0 Å². The van der Waals surface area contributed by atoms with Crippen LogP contribution in [0.5, 0.6) is 0 Å². The molecule has 4 heteroatoms. The molecule has 15 heavy (non-hydrogen) atoms. The van der Waals surface area contributed by atoms with Crippen molar-refractivity contribution in [3.05, 3.63) is 17.8 Å². The van der Waals surface area contributed by atoms with Crippen molar-refractivity contribution in [2.24, 2.45) is 0 Å². The Morgan fingerprint density at radius 1 is 1.60 bits per heavy atom. The maximum Gasteiger partial charge on any atom is 0.152 e. The lowest BCUT2D eigenvalue weighted by Gasteiger charge is -2.24. The van der Waals surface area contributed by atoms with Crippen LogP contribution in [0, 0.1) is 6.92 Å². The van der Waals surface area contributed by atoms with Gasteiger partial charge in [0.15, 0.2) is 5.82 Å². The summed E-state index contributed by atoms with van der Waals surface area (Å²) in [6.45, 7) is 2.74. The number of aliphatic hydroxyl groups excluding tert-OH is 1. The molecule has 0 atom stereocenters. The van der Waals surface area contributed by atoms with E-state index in [1.807, 2.05) is 13.0 Å². The van der Waals surface area contributed by atoms with Gasteiger partial charge in [-0.3, -0.25) is 0 Å². The van der Waals surface area contributed by atoms with Gasteiger partial charge in [0.1, 0.15) is 0 Å². The number of rotatable bonds is 4. The molecule has 1 aliphatic rings. The fourth-order valence-electron chi connectivity index (χ4n) is 1.74. The average Bonchev–Trinajstić information content (AvgIpc) is 3.03. The Morgan fingerprint density at radius 2 is 2.33 bits per heavy atom. The van der Waals surface area contributed by atoms with Gasteiger partial charge in [-0.05, 0) is 31.4 Å². The van der Waals surface area contributed by atoms with Crippen LogP contribution in [0.1, 0.15) is 18.4 Å². The van der Waals surface area contributed by atoms with Crippen molar-refractivity contribution < 1.29 is 5.11 Å². The normalized spacial score (nSPS) is 15.3. The van der Waals surface area contributed by atoms with Crippen LogP contribution in [0.15, 0.2) is 12.3 Å². The van der Waals surface area contributed by atoms with Crippen LogP contribution in [0.3, 0.4) is 0 Å². The molecule has 4 nitrogen and oxygen atoms in total. The van der Waals surface area contributed by atoms with Crippen LogP contribution in [0.2, 0.25) is 0 Å². The molecule has 0 aromatic carbocycles. The zero-order valence-corrected chi connectivity index (χ0v) is 8.98. The summed E-state index contributed by atoms with van der Waals surface area (Å²) in [6, 6.07) is 2.43. The molecule has 0 radical (unpaired) electrons. The summed E-state index contributed by atoms with van der Waals surface area (Å²) in [5.74, 6) is 0.826. The quantitative estimate of drug-likeness (QED) is 0.771. The lowest BCUT2D eigenvalue weighted by molar-refractivity contribution is 0.301. The number of nitrogen functional groups attached to an aromatic ring is 1. The highest BCUT2D eigenvalue weighted by atomic mass is 16.3. The van der Waals surface area contributed by atoms with E-state index in [9.17, 15) is 0 Å². The molecule has 0 aliphatic heterocycles. The molecule has 1 aromatic rings. The third kappa shape index (κ3) is 2.04. The summed E-state index contributed by atoms with van der Waals surface area (Å²) >= 11 is 0. The number of nitrogens with two attached hydrogens (primary N) is 1. The summed E-state index contributed by atoms with van der Waals surface area (Å²) in [5.41, 5.74) is 7.77. The van der Waals surface area contributed by atoms with E-state index in [0.717, 1.165) is 17.1 Å². The fourth-order valence-corrected chi connectivity index (χ4v) is 1.74. The molecule has 0 spiro atoms. The molecule has 1 fully saturated rings. The maximum absolute atomic E-state index is 9.02. The van der Waals surface area contributed by atoms with E-state index in [1.54, 1.807) is 6.20 Å². The van der Waals surface area contributed by atoms with E-state index >= 15 is 0 Å². The summed E-state index contributed by atoms with van der Waals surface area (Å²) < 4.78 is 0. The first-order valence-corrected chi connectivity index (χ1v) is 5.32. The highest BCUT2D eigenvalue weighted by Crippen LogP contribution is 2.33. The Bertz CT molecular complexity index is 350. The Morgan fingerprint density at radius 3 is 2.93 bits per heavy atom. The minimum Gasteiger partial charge on any atom is -0.396 e. The zero-order valence-electron chi connectivity index (χ0n) is 8.98. The first-order valence-electron chi connectivity index (χ1n) is 5.32. The van der Waals surface area contributed by atoms with Crippen LogP contribution in [0.4, 0.5) is 11.5 Å². The maximum atomic E-state index is 9.02. The Balaban J connectivity index is 2.28. The second-order valence-corrected chi connectivity index (χ2v) is 4.01. The number of nitrogens with zero attached hydrogens (tertiary/aromatic N) is 2. The molecular weight excluding hydrogens is 190 g/mol. The van der Waals surface area contributed by atoms with Crippen LogP contribution >= 0.6 is 0 Å². The van der Waals surface area contributed by atoms with Crippen LogP contribution in [-0.2, 0) is 0 Å². The molecule has 0 bridgehead atoms. The second kappa shape index (κ2) is 4.06. The van der Waals surface area contributed by atoms with Crippen molar-refractivity contribution in [2.45, 2.75) is 25.8 Å². The monoisotopic (exact) mass is 207 g/mol. The number of aromatic nitrogens is 1. The fraction of sp³-hybridized carbons (Fsp3) is 0.545. The standard InChI is InChI=1S/C11H17N3O/c1-8-4-5-13-11(10(8)12)14(6-7-15)9-2-3-9/h4-5,9,15H,2-3,6-7,12H2,1H3. The summed E-state index contributed by atoms with van der Waals surface area (Å²) in [4.78, 5) is 6.42. The van der Waals surface area contributed by atoms with Crippen LogP contribution in [-0.4, -0.2) is 29.3 Å². The number of pyridine rings is 1. The van der Waals surface area contributed by atoms with Gasteiger partial charge in [0.2, 0.25) is 0 Å². The largest absolute Gasteiger partial charge is 0.396 e. The summed E-state index contributed by atoms with van der Waals surface area (Å²) in [6.07, 6.45) is 4.12. The van der Waals surface area contributed by atoms with Crippen LogP contribution < -0.4 is 10.6 Å². The lowest BCUT2D eigenvalue weighted by atomic mass is 10.2. The van der Waals surface area contributed by atoms with Crippen LogP contribution in [0.25, 0.3) is 0 Å². The van der Waals surface area contributed by atoms with E-state index < -0.39 is 0 Å². The molecule has 0 saturated heterocycles. The third-order valence-corrected chi connectivity index (χ3v) is 2.79. The summed E-state index contributed by atoms with van der Waals surface area (Å²) in [5, 5.41) is 9.02. The minimum atomic E-state index is 0.144. The van der Waals surface area contributed by atoms with Gasteiger partial charge in [-0.1, -0.05) is 0 Å². The molecule has 1 aliphatic carbocycles. The molecule has 0 amide bonds. The van der Waals surface area contributed by atoms with E-state index in [4.69, 9.17) is 10.8 Å². The predicted octanol–water partition coefficient (Wildman–Crippen LogP) is 0.933. The third-order valence-electron chi connectivity index (χ3n) is 2.79. The number of hydrogen-bond acceptors (Lipinski definition) is 4. The van der Waals surface area contributed by atoms with Gasteiger partial charge in [0.25, 0.3) is 0 Å². The minimum absolute atomic E-state index is 0.144. The van der Waals surface area contributed by atoms with Crippen molar-refractivity contribution >= 4 is 11.5 Å². The van der Waals surface area contributed by atoms with Crippen molar-refractivity contribution in [2.75, 3.05) is 23.8 Å². The second-order valence-electron chi connectivity index (χ2n) is 4.01. The molecule has 1 aromatic heterocycles. The van der Waals surface area contributed by atoms with Crippen molar-refractivity contribution in [1.29, 1.82) is 0 Å². The Labute approximate surface area is 89.7 Å². The molecule has 0 unspecified atom stereocenters. The summed E-state index contributed by atoms with van der Waals surface area (Å²) in [7, 11) is 0. The average molecular weight is 207 g/mol. The zero-order chi connectivity index (χ0) is 10.8. The molecule has 2 rings (SSSR count). The Hall–Kier alpha value is -1.29. The van der Waals surface area contributed by atoms with Crippen molar-refractivity contribution in [1.82, 2.24) is 4.98 Å². The van der Waals surface area contributed by atoms with E-state index in [1.165, 1.54) is 12.8 Å². The van der Waals surface area contributed by atoms with Gasteiger partial charge in [0, 0.05) is 18.8 Å². The van der Waals surface area contributed by atoms with Gasteiger partial charge in [-0.25, -0.2) is 4.98 Å². The molecule has 3 N–H and O–H groups in total. The SMILES string of the molecule is Cc1ccnc(N(CCO)C2CC2)c1N. The highest BCUT2D eigenvalue weighted by Gasteiger charge is 2.30. The lowest BCUT2D eigenvalue weighted by Crippen LogP contribution is -2.30. The first kappa shape index (κ1) is 10.2. The van der Waals surface area contributed by atoms with E-state index in [2.05, 4.69) is 9.88 Å². The predicted molar refractivity (Wildman–Crippen MR) is 60.8 cm³/mol. The number of anilines is 2. The molecule has 1 saturated carbocycles. The topological polar surface area (TPSA) is 62.4 Å². The van der Waals surface area contributed by atoms with E-state index in [0.29, 0.717) is 12.6 Å². The number of aliphatic hydroxyl groups is 1. The van der Waals surface area contributed by atoms with Gasteiger partial charge in [0.05, 0.1) is 12.3 Å². The Kier molecular flexibility index (Phi) is 2.77. The smallest absolute Gasteiger partial charge is 0.152 e. The number of hydrogen-bond donors (Lipinski definition) is 2. The van der Waals surface area contributed by atoms with Gasteiger partial charge >= 0.3 is 0 Å². The van der Waals surface area contributed by atoms with Gasteiger partial charge in [-0.2, -0.15) is 0 Å². The molecule has 1 heterocycles. The first-order chi connectivity index (χ1) is 7.24. The van der Waals surface area contributed by atoms with Gasteiger partial charge < -0.3 is 15.7 Å². The van der Waals surface area contributed by atoms with Gasteiger partial charge in [-0.15, -0.1) is 0 Å².